The maximum atomic E-state index is 14.0. The molecule has 1 aromatic carbocycles. The lowest BCUT2D eigenvalue weighted by Gasteiger charge is -2.25. The molecule has 1 aliphatic rings. The highest BCUT2D eigenvalue weighted by molar-refractivity contribution is 5.94. The van der Waals surface area contributed by atoms with Crippen molar-refractivity contribution in [3.05, 3.63) is 69.6 Å². The zero-order chi connectivity index (χ0) is 16.6. The first kappa shape index (κ1) is 15.4. The minimum absolute atomic E-state index is 0.0125. The number of carbonyl (C=O) groups excluding carboxylic acids is 1. The monoisotopic (exact) mass is 320 g/mol. The summed E-state index contributed by atoms with van der Waals surface area (Å²) in [4.78, 5) is 27.3. The molecule has 0 radical (unpaired) electrons. The van der Waals surface area contributed by atoms with Crippen molar-refractivity contribution < 1.29 is 18.7 Å². The number of aliphatic hydroxyl groups is 1. The second-order valence-corrected chi connectivity index (χ2v) is 5.47. The molecule has 2 heterocycles. The van der Waals surface area contributed by atoms with Crippen LogP contribution in [0.4, 0.5) is 8.78 Å². The molecule has 0 unspecified atom stereocenters. The summed E-state index contributed by atoms with van der Waals surface area (Å²) in [7, 11) is 0. The van der Waals surface area contributed by atoms with Crippen LogP contribution in [0.1, 0.15) is 28.4 Å². The number of rotatable bonds is 2. The van der Waals surface area contributed by atoms with Crippen molar-refractivity contribution in [3.8, 4) is 0 Å². The molecule has 0 saturated carbocycles. The van der Waals surface area contributed by atoms with Crippen LogP contribution in [-0.4, -0.2) is 33.5 Å². The van der Waals surface area contributed by atoms with Gasteiger partial charge in [-0.1, -0.05) is 0 Å². The smallest absolute Gasteiger partial charge is 0.255 e. The zero-order valence-electron chi connectivity index (χ0n) is 12.0. The van der Waals surface area contributed by atoms with Crippen LogP contribution in [0.5, 0.6) is 0 Å². The van der Waals surface area contributed by atoms with E-state index in [2.05, 4.69) is 4.98 Å². The van der Waals surface area contributed by atoms with Gasteiger partial charge in [-0.25, -0.2) is 8.78 Å². The molecule has 120 valence electrons. The van der Waals surface area contributed by atoms with Gasteiger partial charge >= 0.3 is 0 Å². The van der Waals surface area contributed by atoms with Gasteiger partial charge in [-0.2, -0.15) is 0 Å². The molecule has 1 amide bonds. The molecule has 2 N–H and O–H groups in total. The third kappa shape index (κ3) is 3.00. The number of halogens is 2. The van der Waals surface area contributed by atoms with Crippen molar-refractivity contribution in [1.29, 1.82) is 0 Å². The molecule has 0 bridgehead atoms. The first-order valence-corrected chi connectivity index (χ1v) is 7.08. The van der Waals surface area contributed by atoms with E-state index >= 15 is 0 Å². The van der Waals surface area contributed by atoms with Crippen molar-refractivity contribution in [1.82, 2.24) is 9.88 Å². The number of hydrogen-bond acceptors (Lipinski definition) is 3. The van der Waals surface area contributed by atoms with Crippen LogP contribution in [0.25, 0.3) is 0 Å². The second kappa shape index (κ2) is 5.92. The summed E-state index contributed by atoms with van der Waals surface area (Å²) < 4.78 is 27.4. The lowest BCUT2D eigenvalue weighted by molar-refractivity contribution is 0.0713. The molecule has 2 atom stereocenters. The Bertz CT molecular complexity index is 786. The number of H-pyrrole nitrogens is 1. The number of β-amino-alcohol motifs (C(OH)–C–C–N with tert-alkyl or cyclic N) is 1. The number of aliphatic hydroxyl groups excluding tert-OH is 1. The molecule has 3 rings (SSSR count). The van der Waals surface area contributed by atoms with Gasteiger partial charge in [0.2, 0.25) is 5.56 Å². The summed E-state index contributed by atoms with van der Waals surface area (Å²) in [6.07, 6.45) is 0.554. The molecular weight excluding hydrogens is 306 g/mol. The number of hydrogen-bond donors (Lipinski definition) is 2. The van der Waals surface area contributed by atoms with Gasteiger partial charge in [-0.3, -0.25) is 9.59 Å². The van der Waals surface area contributed by atoms with Crippen molar-refractivity contribution in [2.24, 2.45) is 0 Å². The van der Waals surface area contributed by atoms with Crippen LogP contribution in [0.15, 0.2) is 41.3 Å². The van der Waals surface area contributed by atoms with E-state index in [1.165, 1.54) is 23.2 Å². The predicted octanol–water partition coefficient (Wildman–Crippen LogP) is 1.60. The number of benzene rings is 1. The number of carbonyl (C=O) groups is 1. The Morgan fingerprint density at radius 2 is 2.04 bits per heavy atom. The van der Waals surface area contributed by atoms with Gasteiger partial charge < -0.3 is 15.0 Å². The summed E-state index contributed by atoms with van der Waals surface area (Å²) >= 11 is 0. The highest BCUT2D eigenvalue weighted by Gasteiger charge is 2.37. The van der Waals surface area contributed by atoms with E-state index in [-0.39, 0.29) is 29.7 Å². The Labute approximate surface area is 130 Å². The van der Waals surface area contributed by atoms with Gasteiger partial charge in [-0.05, 0) is 30.7 Å². The first-order chi connectivity index (χ1) is 11.0. The van der Waals surface area contributed by atoms with Gasteiger partial charge in [0.25, 0.3) is 5.91 Å². The highest BCUT2D eigenvalue weighted by atomic mass is 19.1. The van der Waals surface area contributed by atoms with E-state index in [0.717, 1.165) is 18.2 Å². The quantitative estimate of drug-likeness (QED) is 0.883. The molecule has 7 heteroatoms. The minimum atomic E-state index is -0.825. The van der Waals surface area contributed by atoms with E-state index in [1.54, 1.807) is 0 Å². The Morgan fingerprint density at radius 3 is 2.74 bits per heavy atom. The van der Waals surface area contributed by atoms with Gasteiger partial charge in [-0.15, -0.1) is 0 Å². The maximum absolute atomic E-state index is 14.0. The lowest BCUT2D eigenvalue weighted by Crippen LogP contribution is -2.32. The van der Waals surface area contributed by atoms with Crippen LogP contribution in [0.2, 0.25) is 0 Å². The largest absolute Gasteiger partial charge is 0.391 e. The minimum Gasteiger partial charge on any atom is -0.391 e. The Balaban J connectivity index is 1.96. The molecule has 1 fully saturated rings. The second-order valence-electron chi connectivity index (χ2n) is 5.47. The van der Waals surface area contributed by atoms with E-state index in [4.69, 9.17) is 0 Å². The average Bonchev–Trinajstić information content (AvgIpc) is 2.91. The van der Waals surface area contributed by atoms with Gasteiger partial charge in [0, 0.05) is 24.4 Å². The molecule has 1 aliphatic heterocycles. The van der Waals surface area contributed by atoms with E-state index < -0.39 is 29.7 Å². The van der Waals surface area contributed by atoms with Gasteiger partial charge in [0.1, 0.15) is 11.6 Å². The summed E-state index contributed by atoms with van der Waals surface area (Å²) in [5.74, 6) is -1.71. The summed E-state index contributed by atoms with van der Waals surface area (Å²) in [5.41, 5.74) is -0.115. The molecule has 1 saturated heterocycles. The molecule has 2 aromatic rings. The van der Waals surface area contributed by atoms with Gasteiger partial charge in [0.15, 0.2) is 0 Å². The average molecular weight is 320 g/mol. The number of pyridine rings is 1. The van der Waals surface area contributed by atoms with Crippen LogP contribution in [0.3, 0.4) is 0 Å². The number of aromatic amines is 1. The molecule has 23 heavy (non-hydrogen) atoms. The topological polar surface area (TPSA) is 73.4 Å². The Kier molecular flexibility index (Phi) is 3.96. The van der Waals surface area contributed by atoms with Crippen molar-refractivity contribution in [2.45, 2.75) is 18.6 Å². The van der Waals surface area contributed by atoms with Gasteiger partial charge in [0.05, 0.1) is 17.7 Å². The number of aromatic nitrogens is 1. The van der Waals surface area contributed by atoms with E-state index in [0.29, 0.717) is 0 Å². The molecule has 5 nitrogen and oxygen atoms in total. The lowest BCUT2D eigenvalue weighted by atomic mass is 10.0. The number of nitrogens with zero attached hydrogens (tertiary/aromatic N) is 1. The highest BCUT2D eigenvalue weighted by Crippen LogP contribution is 2.34. The molecular formula is C16H14F2N2O3. The molecule has 0 spiro atoms. The number of nitrogens with one attached hydrogen (secondary N) is 1. The Hall–Kier alpha value is -2.54. The summed E-state index contributed by atoms with van der Waals surface area (Å²) in [6, 6.07) is 4.82. The third-order valence-electron chi connectivity index (χ3n) is 3.89. The normalized spacial score (nSPS) is 20.7. The maximum Gasteiger partial charge on any atom is 0.255 e. The fourth-order valence-electron chi connectivity index (χ4n) is 2.81. The van der Waals surface area contributed by atoms with Crippen molar-refractivity contribution in [2.75, 3.05) is 6.54 Å². The van der Waals surface area contributed by atoms with Crippen LogP contribution in [0, 0.1) is 11.6 Å². The predicted molar refractivity (Wildman–Crippen MR) is 77.8 cm³/mol. The SMILES string of the molecule is O=C(c1ccc(=O)[nH]c1)N1C[C@H](O)C[C@H]1c1cc(F)ccc1F. The van der Waals surface area contributed by atoms with Crippen LogP contribution in [-0.2, 0) is 0 Å². The fraction of sp³-hybridized carbons (Fsp3) is 0.250. The van der Waals surface area contributed by atoms with Crippen molar-refractivity contribution in [3.63, 3.8) is 0 Å². The zero-order valence-corrected chi connectivity index (χ0v) is 12.0. The van der Waals surface area contributed by atoms with Crippen molar-refractivity contribution >= 4 is 5.91 Å². The van der Waals surface area contributed by atoms with E-state index in [9.17, 15) is 23.5 Å². The fourth-order valence-corrected chi connectivity index (χ4v) is 2.81. The van der Waals surface area contributed by atoms with Crippen LogP contribution < -0.4 is 5.56 Å². The molecule has 0 aliphatic carbocycles. The molecule has 1 aromatic heterocycles. The Morgan fingerprint density at radius 1 is 1.26 bits per heavy atom. The van der Waals surface area contributed by atoms with E-state index in [1.807, 2.05) is 0 Å². The standard InChI is InChI=1S/C16H14F2N2O3/c17-10-2-3-13(18)12(5-10)14-6-11(21)8-20(14)16(23)9-1-4-15(22)19-7-9/h1-5,7,11,14,21H,6,8H2,(H,19,22)/t11-,14+/m1/s1. The summed E-state index contributed by atoms with van der Waals surface area (Å²) in [6.45, 7) is 0.0125. The number of amides is 1. The first-order valence-electron chi connectivity index (χ1n) is 7.08. The van der Waals surface area contributed by atoms with Crippen LogP contribution >= 0.6 is 0 Å². The summed E-state index contributed by atoms with van der Waals surface area (Å²) in [5, 5.41) is 9.86. The third-order valence-corrected chi connectivity index (χ3v) is 3.89. The number of likely N-dealkylation sites (tertiary alicyclic amines) is 1.